The van der Waals surface area contributed by atoms with Gasteiger partial charge in [0.15, 0.2) is 0 Å². The second-order valence-electron chi connectivity index (χ2n) is 6.98. The summed E-state index contributed by atoms with van der Waals surface area (Å²) < 4.78 is 13.8. The molecule has 0 fully saturated rings. The van der Waals surface area contributed by atoms with Crippen molar-refractivity contribution in [2.75, 3.05) is 14.2 Å². The van der Waals surface area contributed by atoms with E-state index in [1.54, 1.807) is 31.1 Å². The molecule has 0 aliphatic heterocycles. The largest absolute Gasteiger partial charge is 0.495 e. The Labute approximate surface area is 172 Å². The van der Waals surface area contributed by atoms with Crippen molar-refractivity contribution in [3.8, 4) is 16.9 Å². The number of nitrogens with two attached hydrogens (primary N) is 1. The van der Waals surface area contributed by atoms with Crippen molar-refractivity contribution in [1.82, 2.24) is 14.0 Å². The number of fused-ring (bicyclic) bond motifs is 2. The molecule has 1 atom stereocenters. The summed E-state index contributed by atoms with van der Waals surface area (Å²) in [6.45, 7) is 0. The van der Waals surface area contributed by atoms with Gasteiger partial charge in [-0.1, -0.05) is 12.1 Å². The van der Waals surface area contributed by atoms with E-state index >= 15 is 0 Å². The van der Waals surface area contributed by atoms with E-state index in [-0.39, 0.29) is 12.0 Å². The third-order valence-electron chi connectivity index (χ3n) is 5.30. The monoisotopic (exact) mass is 406 g/mol. The molecule has 0 saturated heterocycles. The highest BCUT2D eigenvalue weighted by Gasteiger charge is 2.22. The van der Waals surface area contributed by atoms with Crippen LogP contribution < -0.4 is 16.0 Å². The van der Waals surface area contributed by atoms with Gasteiger partial charge < -0.3 is 24.2 Å². The maximum atomic E-state index is 13.3. The molecule has 154 valence electrons. The van der Waals surface area contributed by atoms with Crippen molar-refractivity contribution < 1.29 is 14.3 Å². The molecule has 30 heavy (non-hydrogen) atoms. The molecular formula is C22H22N4O4. The molecule has 0 aliphatic carbocycles. The predicted molar refractivity (Wildman–Crippen MR) is 114 cm³/mol. The van der Waals surface area contributed by atoms with Crippen LogP contribution in [0.15, 0.2) is 53.6 Å². The maximum Gasteiger partial charge on any atom is 0.323 e. The first-order chi connectivity index (χ1) is 14.5. The highest BCUT2D eigenvalue weighted by atomic mass is 16.5. The number of esters is 1. The topological polar surface area (TPSA) is 101 Å². The lowest BCUT2D eigenvalue weighted by Gasteiger charge is -2.17. The Hall–Kier alpha value is -3.65. The first kappa shape index (κ1) is 19.7. The van der Waals surface area contributed by atoms with Gasteiger partial charge in [-0.2, -0.15) is 0 Å². The van der Waals surface area contributed by atoms with E-state index in [0.717, 1.165) is 16.6 Å². The van der Waals surface area contributed by atoms with E-state index in [1.165, 1.54) is 7.11 Å². The van der Waals surface area contributed by atoms with Crippen LogP contribution in [0.4, 0.5) is 0 Å². The van der Waals surface area contributed by atoms with Crippen molar-refractivity contribution in [2.45, 2.75) is 12.5 Å². The minimum atomic E-state index is -0.797. The number of hydrogen-bond donors (Lipinski definition) is 1. The lowest BCUT2D eigenvalue weighted by molar-refractivity contribution is -0.142. The Kier molecular flexibility index (Phi) is 5.01. The lowest BCUT2D eigenvalue weighted by Crippen LogP contribution is -2.34. The maximum absolute atomic E-state index is 13.3. The van der Waals surface area contributed by atoms with Gasteiger partial charge in [0.05, 0.1) is 25.3 Å². The van der Waals surface area contributed by atoms with Crippen LogP contribution in [0.1, 0.15) is 5.69 Å². The number of nitrogens with zero attached hydrogens (tertiary/aromatic N) is 3. The van der Waals surface area contributed by atoms with Gasteiger partial charge in [-0.15, -0.1) is 0 Å². The summed E-state index contributed by atoms with van der Waals surface area (Å²) in [6.07, 6.45) is 3.69. The normalized spacial score (nSPS) is 12.3. The summed E-state index contributed by atoms with van der Waals surface area (Å²) >= 11 is 0. The zero-order valence-electron chi connectivity index (χ0n) is 17.0. The fourth-order valence-electron chi connectivity index (χ4n) is 3.81. The Morgan fingerprint density at radius 2 is 1.97 bits per heavy atom. The Morgan fingerprint density at radius 3 is 2.70 bits per heavy atom. The highest BCUT2D eigenvalue weighted by molar-refractivity contribution is 5.95. The lowest BCUT2D eigenvalue weighted by atomic mass is 10.0. The molecule has 0 aliphatic rings. The van der Waals surface area contributed by atoms with E-state index in [1.807, 2.05) is 40.8 Å². The van der Waals surface area contributed by atoms with E-state index in [0.29, 0.717) is 22.5 Å². The van der Waals surface area contributed by atoms with E-state index in [2.05, 4.69) is 4.98 Å². The predicted octanol–water partition coefficient (Wildman–Crippen LogP) is 1.90. The molecule has 3 aromatic heterocycles. The van der Waals surface area contributed by atoms with Crippen molar-refractivity contribution in [2.24, 2.45) is 12.8 Å². The molecule has 0 radical (unpaired) electrons. The SMILES string of the molecule is COC(=O)[C@@H](N)Cc1ccc(-c2c(OC)c3ccccc3n(C)c2=O)c2nccn12. The van der Waals surface area contributed by atoms with Crippen LogP contribution in [0.5, 0.6) is 5.75 Å². The van der Waals surface area contributed by atoms with Gasteiger partial charge in [0.1, 0.15) is 17.4 Å². The quantitative estimate of drug-likeness (QED) is 0.508. The van der Waals surface area contributed by atoms with E-state index in [4.69, 9.17) is 15.2 Å². The summed E-state index contributed by atoms with van der Waals surface area (Å²) in [5, 5.41) is 0.832. The standard InChI is InChI=1S/C22H22N4O4/c1-25-17-7-5-4-6-14(17)19(29-2)18(21(25)27)15-9-8-13(12-16(23)22(28)30-3)26-11-10-24-20(15)26/h4-11,16H,12,23H2,1-3H3/t16-/m0/s1. The molecule has 0 unspecified atom stereocenters. The number of carbonyl (C=O) groups excluding carboxylic acids is 1. The van der Waals surface area contributed by atoms with Crippen molar-refractivity contribution >= 4 is 22.5 Å². The summed E-state index contributed by atoms with van der Waals surface area (Å²) in [4.78, 5) is 29.5. The van der Waals surface area contributed by atoms with Crippen molar-refractivity contribution in [3.05, 3.63) is 64.8 Å². The van der Waals surface area contributed by atoms with Crippen LogP contribution in [-0.4, -0.2) is 40.2 Å². The van der Waals surface area contributed by atoms with Gasteiger partial charge in [-0.25, -0.2) is 4.98 Å². The number of ether oxygens (including phenoxy) is 2. The zero-order valence-corrected chi connectivity index (χ0v) is 17.0. The summed E-state index contributed by atoms with van der Waals surface area (Å²) in [7, 11) is 4.59. The molecule has 0 spiro atoms. The van der Waals surface area contributed by atoms with Gasteiger partial charge >= 0.3 is 5.97 Å². The van der Waals surface area contributed by atoms with Crippen LogP contribution in [-0.2, 0) is 23.0 Å². The minimum Gasteiger partial charge on any atom is -0.495 e. The number of methoxy groups -OCH3 is 2. The minimum absolute atomic E-state index is 0.186. The van der Waals surface area contributed by atoms with Gasteiger partial charge in [0, 0.05) is 42.5 Å². The van der Waals surface area contributed by atoms with Crippen LogP contribution >= 0.6 is 0 Å². The van der Waals surface area contributed by atoms with Crippen LogP contribution in [0, 0.1) is 0 Å². The molecule has 4 rings (SSSR count). The van der Waals surface area contributed by atoms with Crippen molar-refractivity contribution in [1.29, 1.82) is 0 Å². The second kappa shape index (κ2) is 7.64. The number of hydrogen-bond acceptors (Lipinski definition) is 6. The molecule has 1 aromatic carbocycles. The number of aryl methyl sites for hydroxylation is 1. The number of para-hydroxylation sites is 1. The average molecular weight is 406 g/mol. The molecule has 0 amide bonds. The van der Waals surface area contributed by atoms with E-state index < -0.39 is 12.0 Å². The number of aromatic nitrogens is 3. The van der Waals surface area contributed by atoms with Gasteiger partial charge in [-0.3, -0.25) is 9.59 Å². The fraction of sp³-hybridized carbons (Fsp3) is 0.227. The summed E-state index contributed by atoms with van der Waals surface area (Å²) in [5.41, 5.74) is 8.96. The Balaban J connectivity index is 1.96. The Bertz CT molecular complexity index is 1320. The zero-order chi connectivity index (χ0) is 21.4. The smallest absolute Gasteiger partial charge is 0.323 e. The van der Waals surface area contributed by atoms with Gasteiger partial charge in [-0.05, 0) is 24.3 Å². The van der Waals surface area contributed by atoms with Crippen LogP contribution in [0.2, 0.25) is 0 Å². The number of imidazole rings is 1. The molecule has 8 nitrogen and oxygen atoms in total. The van der Waals surface area contributed by atoms with E-state index in [9.17, 15) is 9.59 Å². The summed E-state index contributed by atoms with van der Waals surface area (Å²) in [5.74, 6) is 0.00928. The molecule has 0 saturated carbocycles. The molecule has 2 N–H and O–H groups in total. The van der Waals surface area contributed by atoms with Gasteiger partial charge in [0.2, 0.25) is 0 Å². The molecule has 4 aromatic rings. The first-order valence-electron chi connectivity index (χ1n) is 9.42. The number of rotatable bonds is 5. The fourth-order valence-corrected chi connectivity index (χ4v) is 3.81. The van der Waals surface area contributed by atoms with Gasteiger partial charge in [0.25, 0.3) is 5.56 Å². The first-order valence-corrected chi connectivity index (χ1v) is 9.42. The van der Waals surface area contributed by atoms with Crippen LogP contribution in [0.25, 0.3) is 27.7 Å². The molecular weight excluding hydrogens is 384 g/mol. The molecule has 0 bridgehead atoms. The molecule has 3 heterocycles. The third kappa shape index (κ3) is 3.02. The number of carbonyl (C=O) groups is 1. The average Bonchev–Trinajstić information content (AvgIpc) is 3.26. The van der Waals surface area contributed by atoms with Crippen LogP contribution in [0.3, 0.4) is 0 Å². The second-order valence-corrected chi connectivity index (χ2v) is 6.98. The number of pyridine rings is 2. The summed E-state index contributed by atoms with van der Waals surface area (Å²) in [6, 6.07) is 10.4. The number of benzene rings is 1. The highest BCUT2D eigenvalue weighted by Crippen LogP contribution is 2.35. The third-order valence-corrected chi connectivity index (χ3v) is 5.30. The van der Waals surface area contributed by atoms with Crippen molar-refractivity contribution in [3.63, 3.8) is 0 Å². The molecule has 8 heteroatoms. The Morgan fingerprint density at radius 1 is 1.20 bits per heavy atom.